The topological polar surface area (TPSA) is 12.4 Å². The molecule has 1 aliphatic rings. The van der Waals surface area contributed by atoms with Gasteiger partial charge in [-0.3, -0.25) is 4.99 Å². The normalized spacial score (nSPS) is 16.6. The van der Waals surface area contributed by atoms with Crippen LogP contribution in [0.15, 0.2) is 16.9 Å². The minimum absolute atomic E-state index is 0.101. The number of aliphatic imine (C=N–C) groups is 1. The lowest BCUT2D eigenvalue weighted by Gasteiger charge is -1.98. The third-order valence-corrected chi connectivity index (χ3v) is 3.66. The van der Waals surface area contributed by atoms with Crippen molar-refractivity contribution in [2.45, 2.75) is 51.9 Å². The van der Waals surface area contributed by atoms with Gasteiger partial charge in [-0.2, -0.15) is 0 Å². The first-order chi connectivity index (χ1) is 7.84. The van der Waals surface area contributed by atoms with Crippen LogP contribution >= 0.6 is 11.8 Å². The Labute approximate surface area is 103 Å². The summed E-state index contributed by atoms with van der Waals surface area (Å²) in [6.07, 6.45) is 10.1. The second-order valence-electron chi connectivity index (χ2n) is 4.14. The molecule has 1 rings (SSSR count). The fraction of sp³-hybridized carbons (Fsp3) is 0.769. The molecule has 0 aromatic rings. The number of thioether (sulfide) groups is 1. The summed E-state index contributed by atoms with van der Waals surface area (Å²) in [6, 6.07) is 0. The van der Waals surface area contributed by atoms with Gasteiger partial charge in [0.1, 0.15) is 5.04 Å². The van der Waals surface area contributed by atoms with E-state index in [0.717, 1.165) is 25.1 Å². The predicted octanol–water partition coefficient (Wildman–Crippen LogP) is 4.74. The molecule has 0 aliphatic carbocycles. The molecule has 0 saturated heterocycles. The van der Waals surface area contributed by atoms with Gasteiger partial charge in [0.05, 0.1) is 0 Å². The van der Waals surface area contributed by atoms with Gasteiger partial charge in [0.25, 0.3) is 0 Å². The Morgan fingerprint density at radius 1 is 1.31 bits per heavy atom. The largest absolute Gasteiger partial charge is 0.275 e. The van der Waals surface area contributed by atoms with Crippen molar-refractivity contribution in [1.29, 1.82) is 0 Å². The Balaban J connectivity index is 2.02. The Hall–Kier alpha value is -0.310. The molecule has 0 atom stereocenters. The first-order valence-electron chi connectivity index (χ1n) is 6.38. The molecule has 0 spiro atoms. The van der Waals surface area contributed by atoms with E-state index in [1.807, 2.05) is 0 Å². The molecule has 1 aliphatic heterocycles. The summed E-state index contributed by atoms with van der Waals surface area (Å²) in [6.45, 7) is 3.00. The molecule has 3 heteroatoms. The van der Waals surface area contributed by atoms with Crippen LogP contribution in [0, 0.1) is 0 Å². The fourth-order valence-electron chi connectivity index (χ4n) is 1.72. The summed E-state index contributed by atoms with van der Waals surface area (Å²) in [5, 5.41) is 0.617. The number of halogens is 1. The molecule has 1 heterocycles. The third kappa shape index (κ3) is 5.69. The third-order valence-electron chi connectivity index (χ3n) is 2.67. The zero-order valence-corrected chi connectivity index (χ0v) is 11.0. The second-order valence-corrected chi connectivity index (χ2v) is 5.23. The molecule has 0 unspecified atom stereocenters. The number of unbranched alkanes of at least 4 members (excludes halogenated alkanes) is 6. The van der Waals surface area contributed by atoms with Gasteiger partial charge in [0, 0.05) is 12.3 Å². The summed E-state index contributed by atoms with van der Waals surface area (Å²) in [7, 11) is 0. The molecule has 0 radical (unpaired) electrons. The van der Waals surface area contributed by atoms with Gasteiger partial charge < -0.3 is 0 Å². The smallest absolute Gasteiger partial charge is 0.150 e. The van der Waals surface area contributed by atoms with E-state index in [1.165, 1.54) is 43.9 Å². The molecule has 0 aromatic carbocycles. The lowest BCUT2D eigenvalue weighted by atomic mass is 10.1. The highest BCUT2D eigenvalue weighted by Gasteiger charge is 2.11. The lowest BCUT2D eigenvalue weighted by Crippen LogP contribution is -1.88. The van der Waals surface area contributed by atoms with Crippen LogP contribution in [-0.4, -0.2) is 17.3 Å². The van der Waals surface area contributed by atoms with Crippen molar-refractivity contribution < 1.29 is 4.39 Å². The van der Waals surface area contributed by atoms with E-state index in [1.54, 1.807) is 6.08 Å². The van der Waals surface area contributed by atoms with Crippen LogP contribution in [0.2, 0.25) is 0 Å². The van der Waals surface area contributed by atoms with Crippen molar-refractivity contribution in [3.05, 3.63) is 11.9 Å². The van der Waals surface area contributed by atoms with Crippen LogP contribution in [0.3, 0.4) is 0 Å². The van der Waals surface area contributed by atoms with Gasteiger partial charge in [-0.05, 0) is 18.9 Å². The van der Waals surface area contributed by atoms with E-state index in [-0.39, 0.29) is 5.83 Å². The molecule has 0 amide bonds. The zero-order valence-electron chi connectivity index (χ0n) is 10.2. The minimum atomic E-state index is -0.101. The molecular formula is C13H22FNS. The first kappa shape index (κ1) is 13.8. The monoisotopic (exact) mass is 243 g/mol. The molecule has 0 N–H and O–H groups in total. The van der Waals surface area contributed by atoms with Gasteiger partial charge in [-0.25, -0.2) is 4.39 Å². The van der Waals surface area contributed by atoms with Crippen LogP contribution in [-0.2, 0) is 0 Å². The number of nitrogens with zero attached hydrogens (tertiary/aromatic N) is 1. The molecule has 0 saturated carbocycles. The van der Waals surface area contributed by atoms with Gasteiger partial charge in [-0.1, -0.05) is 39.0 Å². The highest BCUT2D eigenvalue weighted by Crippen LogP contribution is 2.20. The van der Waals surface area contributed by atoms with Gasteiger partial charge in [0.2, 0.25) is 0 Å². The van der Waals surface area contributed by atoms with Crippen molar-refractivity contribution >= 4 is 16.8 Å². The number of rotatable bonds is 8. The highest BCUT2D eigenvalue weighted by atomic mass is 32.2. The van der Waals surface area contributed by atoms with Crippen LogP contribution in [0.4, 0.5) is 4.39 Å². The van der Waals surface area contributed by atoms with E-state index in [9.17, 15) is 4.39 Å². The van der Waals surface area contributed by atoms with E-state index in [0.29, 0.717) is 5.04 Å². The predicted molar refractivity (Wildman–Crippen MR) is 71.9 cm³/mol. The van der Waals surface area contributed by atoms with E-state index in [4.69, 9.17) is 0 Å². The average molecular weight is 243 g/mol. The van der Waals surface area contributed by atoms with Crippen LogP contribution in [0.1, 0.15) is 51.9 Å². The standard InChI is InChI=1S/C13H22FNS/c1-2-3-4-5-6-7-8-9-12(14)13-15-10-11-16-13/h9H,2-8,10-11H2,1H3/b12-9+. The highest BCUT2D eigenvalue weighted by molar-refractivity contribution is 8.14. The van der Waals surface area contributed by atoms with Crippen molar-refractivity contribution in [3.8, 4) is 0 Å². The Morgan fingerprint density at radius 3 is 2.75 bits per heavy atom. The maximum atomic E-state index is 13.4. The van der Waals surface area contributed by atoms with Crippen LogP contribution in [0.25, 0.3) is 0 Å². The molecule has 16 heavy (non-hydrogen) atoms. The van der Waals surface area contributed by atoms with Crippen molar-refractivity contribution in [3.63, 3.8) is 0 Å². The van der Waals surface area contributed by atoms with Crippen molar-refractivity contribution in [1.82, 2.24) is 0 Å². The second kappa shape index (κ2) is 8.80. The van der Waals surface area contributed by atoms with Gasteiger partial charge >= 0.3 is 0 Å². The number of hydrogen-bond donors (Lipinski definition) is 0. The first-order valence-corrected chi connectivity index (χ1v) is 7.36. The summed E-state index contributed by atoms with van der Waals surface area (Å²) in [4.78, 5) is 4.11. The van der Waals surface area contributed by atoms with Gasteiger partial charge in [0.15, 0.2) is 5.83 Å². The minimum Gasteiger partial charge on any atom is -0.275 e. The quantitative estimate of drug-likeness (QED) is 0.561. The number of hydrogen-bond acceptors (Lipinski definition) is 2. The van der Waals surface area contributed by atoms with Gasteiger partial charge in [-0.15, -0.1) is 11.8 Å². The Morgan fingerprint density at radius 2 is 2.06 bits per heavy atom. The molecule has 0 bridgehead atoms. The Bertz CT molecular complexity index is 248. The lowest BCUT2D eigenvalue weighted by molar-refractivity contribution is 0.606. The molecular weight excluding hydrogens is 221 g/mol. The zero-order chi connectivity index (χ0) is 11.6. The summed E-state index contributed by atoms with van der Waals surface area (Å²) in [5.41, 5.74) is 0. The van der Waals surface area contributed by atoms with E-state index < -0.39 is 0 Å². The van der Waals surface area contributed by atoms with Crippen molar-refractivity contribution in [2.24, 2.45) is 4.99 Å². The molecule has 0 fully saturated rings. The van der Waals surface area contributed by atoms with Crippen molar-refractivity contribution in [2.75, 3.05) is 12.3 Å². The summed E-state index contributed by atoms with van der Waals surface area (Å²) < 4.78 is 13.4. The maximum absolute atomic E-state index is 13.4. The molecule has 1 nitrogen and oxygen atoms in total. The SMILES string of the molecule is CCCCCCCC/C=C(/F)C1=NCCS1. The molecule has 92 valence electrons. The fourth-order valence-corrected chi connectivity index (χ4v) is 2.50. The van der Waals surface area contributed by atoms with Crippen LogP contribution < -0.4 is 0 Å². The summed E-state index contributed by atoms with van der Waals surface area (Å²) >= 11 is 1.53. The van der Waals surface area contributed by atoms with Crippen LogP contribution in [0.5, 0.6) is 0 Å². The Kier molecular flexibility index (Phi) is 7.56. The van der Waals surface area contributed by atoms with E-state index >= 15 is 0 Å². The average Bonchev–Trinajstić information content (AvgIpc) is 2.81. The number of allylic oxidation sites excluding steroid dienone is 1. The van der Waals surface area contributed by atoms with E-state index in [2.05, 4.69) is 11.9 Å². The molecule has 0 aromatic heterocycles. The summed E-state index contributed by atoms with van der Waals surface area (Å²) in [5.74, 6) is 0.837. The maximum Gasteiger partial charge on any atom is 0.150 e.